The molecular weight excluding hydrogens is 365 g/mol. The number of carbonyl (C=O) groups excluding carboxylic acids is 2. The minimum Gasteiger partial charge on any atom is -0.497 e. The molecule has 2 aliphatic heterocycles. The highest BCUT2D eigenvalue weighted by atomic mass is 19.1. The molecule has 8 heteroatoms. The first-order chi connectivity index (χ1) is 13.5. The molecule has 7 nitrogen and oxygen atoms in total. The first kappa shape index (κ1) is 18.1. The standard InChI is InChI=1S/C20H20FN3O4/c1-27-17-6-4-15(5-7-17)22-19(25)23-9-8-16-12-28-20(26)24(16)18-10-14(21)3-2-13(18)11-23/h2-7,10,16H,8-9,11-12H2,1H3,(H,22,25). The summed E-state index contributed by atoms with van der Waals surface area (Å²) in [4.78, 5) is 28.1. The van der Waals surface area contributed by atoms with Crippen molar-refractivity contribution < 1.29 is 23.5 Å². The normalized spacial score (nSPS) is 18.5. The Morgan fingerprint density at radius 2 is 2.04 bits per heavy atom. The van der Waals surface area contributed by atoms with Gasteiger partial charge in [-0.05, 0) is 48.4 Å². The summed E-state index contributed by atoms with van der Waals surface area (Å²) in [5.41, 5.74) is 1.79. The number of cyclic esters (lactones) is 1. The Labute approximate surface area is 161 Å². The van der Waals surface area contributed by atoms with Crippen LogP contribution in [0.4, 0.5) is 25.4 Å². The molecule has 28 heavy (non-hydrogen) atoms. The lowest BCUT2D eigenvalue weighted by Crippen LogP contribution is -2.43. The number of hydrogen-bond donors (Lipinski definition) is 1. The van der Waals surface area contributed by atoms with Gasteiger partial charge in [0.15, 0.2) is 0 Å². The van der Waals surface area contributed by atoms with Gasteiger partial charge in [0.05, 0.1) is 18.8 Å². The number of fused-ring (bicyclic) bond motifs is 3. The van der Waals surface area contributed by atoms with Crippen molar-refractivity contribution in [2.24, 2.45) is 0 Å². The van der Waals surface area contributed by atoms with Gasteiger partial charge in [-0.2, -0.15) is 0 Å². The maximum Gasteiger partial charge on any atom is 0.414 e. The Kier molecular flexibility index (Phi) is 4.77. The minimum atomic E-state index is -0.479. The van der Waals surface area contributed by atoms with Crippen molar-refractivity contribution in [3.63, 3.8) is 0 Å². The van der Waals surface area contributed by atoms with E-state index in [0.29, 0.717) is 35.7 Å². The first-order valence-electron chi connectivity index (χ1n) is 8.99. The predicted molar refractivity (Wildman–Crippen MR) is 101 cm³/mol. The van der Waals surface area contributed by atoms with Crippen LogP contribution in [0.2, 0.25) is 0 Å². The SMILES string of the molecule is COc1ccc(NC(=O)N2CCC3COC(=O)N3c3cc(F)ccc3C2)cc1. The monoisotopic (exact) mass is 385 g/mol. The zero-order valence-electron chi connectivity index (χ0n) is 15.4. The molecule has 1 unspecified atom stereocenters. The Balaban J connectivity index is 1.58. The predicted octanol–water partition coefficient (Wildman–Crippen LogP) is 3.60. The summed E-state index contributed by atoms with van der Waals surface area (Å²) in [6, 6.07) is 10.8. The van der Waals surface area contributed by atoms with Crippen molar-refractivity contribution in [2.75, 3.05) is 30.5 Å². The Morgan fingerprint density at radius 3 is 2.79 bits per heavy atom. The Hall–Kier alpha value is -3.29. The van der Waals surface area contributed by atoms with E-state index in [4.69, 9.17) is 9.47 Å². The fourth-order valence-corrected chi connectivity index (χ4v) is 3.50. The van der Waals surface area contributed by atoms with Crippen LogP contribution >= 0.6 is 0 Å². The number of anilines is 2. The third-order valence-electron chi connectivity index (χ3n) is 4.99. The summed E-state index contributed by atoms with van der Waals surface area (Å²) in [5, 5.41) is 2.87. The quantitative estimate of drug-likeness (QED) is 0.858. The zero-order valence-corrected chi connectivity index (χ0v) is 15.4. The maximum atomic E-state index is 13.8. The summed E-state index contributed by atoms with van der Waals surface area (Å²) in [6.45, 7) is 0.924. The molecule has 1 N–H and O–H groups in total. The number of amides is 3. The van der Waals surface area contributed by atoms with Crippen LogP contribution in [0.5, 0.6) is 5.75 Å². The third kappa shape index (κ3) is 3.45. The Morgan fingerprint density at radius 1 is 1.25 bits per heavy atom. The minimum absolute atomic E-state index is 0.225. The Bertz CT molecular complexity index is 903. The lowest BCUT2D eigenvalue weighted by molar-refractivity contribution is 0.177. The average molecular weight is 385 g/mol. The molecule has 1 fully saturated rings. The molecular formula is C20H20FN3O4. The summed E-state index contributed by atoms with van der Waals surface area (Å²) >= 11 is 0. The fourth-order valence-electron chi connectivity index (χ4n) is 3.50. The topological polar surface area (TPSA) is 71.1 Å². The van der Waals surface area contributed by atoms with Gasteiger partial charge >= 0.3 is 12.1 Å². The second-order valence-corrected chi connectivity index (χ2v) is 6.74. The van der Waals surface area contributed by atoms with E-state index in [1.54, 1.807) is 42.3 Å². The number of ether oxygens (including phenoxy) is 2. The van der Waals surface area contributed by atoms with Crippen LogP contribution in [-0.2, 0) is 11.3 Å². The molecule has 0 aliphatic carbocycles. The maximum absolute atomic E-state index is 13.8. The van der Waals surface area contributed by atoms with Crippen molar-refractivity contribution in [1.82, 2.24) is 4.90 Å². The van der Waals surface area contributed by atoms with E-state index in [9.17, 15) is 14.0 Å². The van der Waals surface area contributed by atoms with Gasteiger partial charge in [-0.1, -0.05) is 6.07 Å². The number of nitrogens with one attached hydrogen (secondary N) is 1. The smallest absolute Gasteiger partial charge is 0.414 e. The number of halogens is 1. The highest BCUT2D eigenvalue weighted by molar-refractivity contribution is 5.92. The van der Waals surface area contributed by atoms with Gasteiger partial charge in [0.2, 0.25) is 0 Å². The van der Waals surface area contributed by atoms with Gasteiger partial charge in [0, 0.05) is 18.8 Å². The van der Waals surface area contributed by atoms with Crippen LogP contribution < -0.4 is 15.0 Å². The molecule has 0 bridgehead atoms. The van der Waals surface area contributed by atoms with E-state index in [2.05, 4.69) is 5.32 Å². The van der Waals surface area contributed by atoms with Gasteiger partial charge in [0.25, 0.3) is 0 Å². The molecule has 3 amide bonds. The molecule has 2 aliphatic rings. The van der Waals surface area contributed by atoms with Gasteiger partial charge in [0.1, 0.15) is 18.2 Å². The van der Waals surface area contributed by atoms with Gasteiger partial charge in [-0.3, -0.25) is 4.90 Å². The molecule has 0 radical (unpaired) electrons. The van der Waals surface area contributed by atoms with E-state index < -0.39 is 11.9 Å². The number of urea groups is 1. The molecule has 1 atom stereocenters. The molecule has 2 heterocycles. The van der Waals surface area contributed by atoms with Gasteiger partial charge in [-0.25, -0.2) is 14.0 Å². The van der Waals surface area contributed by atoms with E-state index in [1.165, 1.54) is 17.0 Å². The molecule has 1 saturated heterocycles. The van der Waals surface area contributed by atoms with E-state index in [0.717, 1.165) is 0 Å². The third-order valence-corrected chi connectivity index (χ3v) is 4.99. The second kappa shape index (κ2) is 7.38. The summed E-state index contributed by atoms with van der Waals surface area (Å²) < 4.78 is 24.1. The highest BCUT2D eigenvalue weighted by Crippen LogP contribution is 2.32. The van der Waals surface area contributed by atoms with E-state index in [-0.39, 0.29) is 25.2 Å². The molecule has 2 aromatic rings. The van der Waals surface area contributed by atoms with E-state index in [1.807, 2.05) is 0 Å². The largest absolute Gasteiger partial charge is 0.497 e. The number of rotatable bonds is 2. The lowest BCUT2D eigenvalue weighted by atomic mass is 10.1. The van der Waals surface area contributed by atoms with Crippen LogP contribution in [0.3, 0.4) is 0 Å². The number of methoxy groups -OCH3 is 1. The summed E-state index contributed by atoms with van der Waals surface area (Å²) in [6.07, 6.45) is 0.0607. The van der Waals surface area contributed by atoms with E-state index >= 15 is 0 Å². The van der Waals surface area contributed by atoms with Gasteiger partial charge in [-0.15, -0.1) is 0 Å². The molecule has 0 saturated carbocycles. The molecule has 0 aromatic heterocycles. The van der Waals surface area contributed by atoms with Crippen molar-refractivity contribution in [3.05, 3.63) is 53.8 Å². The summed E-state index contributed by atoms with van der Waals surface area (Å²) in [7, 11) is 1.58. The number of benzene rings is 2. The summed E-state index contributed by atoms with van der Waals surface area (Å²) in [5.74, 6) is 0.262. The van der Waals surface area contributed by atoms with Crippen LogP contribution in [0.15, 0.2) is 42.5 Å². The molecule has 4 rings (SSSR count). The zero-order chi connectivity index (χ0) is 19.7. The van der Waals surface area contributed by atoms with Gasteiger partial charge < -0.3 is 19.7 Å². The highest BCUT2D eigenvalue weighted by Gasteiger charge is 2.37. The molecule has 146 valence electrons. The van der Waals surface area contributed by atoms with Crippen LogP contribution in [0.25, 0.3) is 0 Å². The van der Waals surface area contributed by atoms with Crippen LogP contribution in [0, 0.1) is 5.82 Å². The number of carbonyl (C=O) groups is 2. The van der Waals surface area contributed by atoms with Crippen LogP contribution in [-0.4, -0.2) is 43.3 Å². The van der Waals surface area contributed by atoms with Crippen molar-refractivity contribution in [3.8, 4) is 5.75 Å². The number of nitrogens with zero attached hydrogens (tertiary/aromatic N) is 2. The van der Waals surface area contributed by atoms with Crippen molar-refractivity contribution in [1.29, 1.82) is 0 Å². The lowest BCUT2D eigenvalue weighted by Gasteiger charge is -2.32. The van der Waals surface area contributed by atoms with Crippen molar-refractivity contribution >= 4 is 23.5 Å². The first-order valence-corrected chi connectivity index (χ1v) is 8.99. The fraction of sp³-hybridized carbons (Fsp3) is 0.300. The van der Waals surface area contributed by atoms with Crippen molar-refractivity contribution in [2.45, 2.75) is 19.0 Å². The second-order valence-electron chi connectivity index (χ2n) is 6.74. The number of hydrogen-bond acceptors (Lipinski definition) is 4. The molecule has 0 spiro atoms. The van der Waals surface area contributed by atoms with Crippen LogP contribution in [0.1, 0.15) is 12.0 Å². The average Bonchev–Trinajstić information content (AvgIpc) is 3.04. The molecule has 2 aromatic carbocycles.